The summed E-state index contributed by atoms with van der Waals surface area (Å²) in [5.41, 5.74) is 0.710. The van der Waals surface area contributed by atoms with Gasteiger partial charge in [-0.3, -0.25) is 10.1 Å². The Hall–Kier alpha value is -2.01. The summed E-state index contributed by atoms with van der Waals surface area (Å²) in [7, 11) is 1.70. The highest BCUT2D eigenvalue weighted by molar-refractivity contribution is 7.99. The maximum atomic E-state index is 13.2. The van der Waals surface area contributed by atoms with E-state index in [0.717, 1.165) is 54.1 Å². The Morgan fingerprint density at radius 3 is 2.90 bits per heavy atom. The van der Waals surface area contributed by atoms with Gasteiger partial charge in [0, 0.05) is 30.6 Å². The summed E-state index contributed by atoms with van der Waals surface area (Å²) in [5, 5.41) is 6.35. The lowest BCUT2D eigenvalue weighted by Gasteiger charge is -2.10. The first kappa shape index (κ1) is 22.7. The van der Waals surface area contributed by atoms with Crippen molar-refractivity contribution < 1.29 is 23.5 Å². The molecule has 3 rings (SSSR count). The fourth-order valence-corrected chi connectivity index (χ4v) is 4.12. The Kier molecular flexibility index (Phi) is 9.06. The topological polar surface area (TPSA) is 82.0 Å². The molecule has 7 nitrogen and oxygen atoms in total. The van der Waals surface area contributed by atoms with E-state index < -0.39 is 11.0 Å². The van der Waals surface area contributed by atoms with Crippen molar-refractivity contribution in [3.05, 3.63) is 41.2 Å². The van der Waals surface area contributed by atoms with E-state index in [-0.39, 0.29) is 16.9 Å². The van der Waals surface area contributed by atoms with Gasteiger partial charge in [-0.25, -0.2) is 4.98 Å². The SMILES string of the molecule is COCCCCSc1ccc(C(=NO[C@@H]2CCOC2)C(=O)Nc2ncc(F)s2)cc1. The van der Waals surface area contributed by atoms with E-state index in [2.05, 4.69) is 15.5 Å². The molecule has 1 aromatic carbocycles. The van der Waals surface area contributed by atoms with Crippen LogP contribution in [0.1, 0.15) is 24.8 Å². The van der Waals surface area contributed by atoms with Crippen LogP contribution in [-0.2, 0) is 19.1 Å². The Morgan fingerprint density at radius 1 is 1.40 bits per heavy atom. The summed E-state index contributed by atoms with van der Waals surface area (Å²) >= 11 is 2.50. The molecule has 2 aromatic rings. The first-order chi connectivity index (χ1) is 14.7. The van der Waals surface area contributed by atoms with Gasteiger partial charge in [-0.2, -0.15) is 4.39 Å². The third-order valence-corrected chi connectivity index (χ3v) is 6.03. The van der Waals surface area contributed by atoms with Crippen LogP contribution >= 0.6 is 23.1 Å². The number of benzene rings is 1. The molecular weight excluding hydrogens is 429 g/mol. The molecule has 0 radical (unpaired) electrons. The van der Waals surface area contributed by atoms with Crippen LogP contribution in [0.4, 0.5) is 9.52 Å². The van der Waals surface area contributed by atoms with Gasteiger partial charge in [0.1, 0.15) is 0 Å². The highest BCUT2D eigenvalue weighted by Crippen LogP contribution is 2.21. The quantitative estimate of drug-likeness (QED) is 0.240. The minimum atomic E-state index is -0.511. The molecule has 30 heavy (non-hydrogen) atoms. The number of carbonyl (C=O) groups excluding carboxylic acids is 1. The van der Waals surface area contributed by atoms with Gasteiger partial charge in [0.25, 0.3) is 5.91 Å². The third-order valence-electron chi connectivity index (χ3n) is 4.23. The van der Waals surface area contributed by atoms with Gasteiger partial charge in [0.15, 0.2) is 22.1 Å². The molecule has 1 fully saturated rings. The van der Waals surface area contributed by atoms with E-state index in [0.29, 0.717) is 18.8 Å². The maximum absolute atomic E-state index is 13.2. The largest absolute Gasteiger partial charge is 0.389 e. The lowest BCUT2D eigenvalue weighted by atomic mass is 10.1. The van der Waals surface area contributed by atoms with Gasteiger partial charge in [-0.1, -0.05) is 28.6 Å². The van der Waals surface area contributed by atoms with Crippen LogP contribution in [0.3, 0.4) is 0 Å². The van der Waals surface area contributed by atoms with Crippen LogP contribution in [0.5, 0.6) is 0 Å². The number of aromatic nitrogens is 1. The van der Waals surface area contributed by atoms with Crippen molar-refractivity contribution in [2.75, 3.05) is 38.0 Å². The molecule has 10 heteroatoms. The number of nitrogens with zero attached hydrogens (tertiary/aromatic N) is 2. The molecule has 1 aliphatic rings. The Balaban J connectivity index is 1.67. The molecule has 0 saturated carbocycles. The van der Waals surface area contributed by atoms with Crippen molar-refractivity contribution in [1.82, 2.24) is 4.98 Å². The number of anilines is 1. The van der Waals surface area contributed by atoms with Crippen LogP contribution < -0.4 is 5.32 Å². The van der Waals surface area contributed by atoms with Gasteiger partial charge in [0.2, 0.25) is 0 Å². The van der Waals surface area contributed by atoms with Gasteiger partial charge in [-0.05, 0) is 30.7 Å². The summed E-state index contributed by atoms with van der Waals surface area (Å²) in [4.78, 5) is 23.2. The minimum absolute atomic E-state index is 0.106. The second kappa shape index (κ2) is 12.0. The number of ether oxygens (including phenoxy) is 2. The number of hydrogen-bond acceptors (Lipinski definition) is 8. The monoisotopic (exact) mass is 453 g/mol. The summed E-state index contributed by atoms with van der Waals surface area (Å²) in [6.45, 7) is 1.81. The zero-order valence-corrected chi connectivity index (χ0v) is 18.3. The molecule has 0 unspecified atom stereocenters. The number of thioether (sulfide) groups is 1. The highest BCUT2D eigenvalue weighted by Gasteiger charge is 2.21. The average Bonchev–Trinajstić information content (AvgIpc) is 3.41. The van der Waals surface area contributed by atoms with Crippen LogP contribution in [0.15, 0.2) is 40.5 Å². The first-order valence-electron chi connectivity index (χ1n) is 9.62. The fraction of sp³-hybridized carbons (Fsp3) is 0.450. The van der Waals surface area contributed by atoms with Crippen molar-refractivity contribution >= 4 is 39.8 Å². The summed E-state index contributed by atoms with van der Waals surface area (Å²) < 4.78 is 23.5. The van der Waals surface area contributed by atoms with Crippen molar-refractivity contribution in [2.45, 2.75) is 30.3 Å². The average molecular weight is 454 g/mol. The van der Waals surface area contributed by atoms with E-state index >= 15 is 0 Å². The lowest BCUT2D eigenvalue weighted by Crippen LogP contribution is -2.25. The Bertz CT molecular complexity index is 839. The number of oxime groups is 1. The summed E-state index contributed by atoms with van der Waals surface area (Å²) in [6, 6.07) is 7.54. The molecule has 1 N–H and O–H groups in total. The maximum Gasteiger partial charge on any atom is 0.280 e. The highest BCUT2D eigenvalue weighted by atomic mass is 32.2. The number of halogens is 1. The first-order valence-corrected chi connectivity index (χ1v) is 11.4. The van der Waals surface area contributed by atoms with Crippen molar-refractivity contribution in [1.29, 1.82) is 0 Å². The normalized spacial score (nSPS) is 16.6. The number of unbranched alkanes of at least 4 members (excludes halogenated alkanes) is 1. The van der Waals surface area contributed by atoms with E-state index in [1.807, 2.05) is 24.3 Å². The number of thiazole rings is 1. The third kappa shape index (κ3) is 7.05. The van der Waals surface area contributed by atoms with Gasteiger partial charge in [-0.15, -0.1) is 11.8 Å². The van der Waals surface area contributed by atoms with Crippen molar-refractivity contribution in [3.63, 3.8) is 0 Å². The van der Waals surface area contributed by atoms with Crippen LogP contribution in [0.25, 0.3) is 0 Å². The Labute approximate surface area is 183 Å². The Morgan fingerprint density at radius 2 is 2.23 bits per heavy atom. The summed E-state index contributed by atoms with van der Waals surface area (Å²) in [5.74, 6) is 0.480. The molecule has 2 heterocycles. The van der Waals surface area contributed by atoms with Gasteiger partial charge in [0.05, 0.1) is 19.4 Å². The number of nitrogens with one attached hydrogen (secondary N) is 1. The standard InChI is InChI=1S/C20H24FN3O4S2/c1-26-9-2-3-11-29-16-6-4-14(5-7-16)18(24-28-15-8-10-27-13-15)19(25)23-20-22-12-17(21)30-20/h4-7,12,15H,2-3,8-11,13H2,1H3,(H,22,23,25)/t15-/m1/s1. The fourth-order valence-electron chi connectivity index (χ4n) is 2.66. The van der Waals surface area contributed by atoms with Crippen molar-refractivity contribution in [3.8, 4) is 0 Å². The molecule has 0 bridgehead atoms. The minimum Gasteiger partial charge on any atom is -0.389 e. The number of rotatable bonds is 11. The summed E-state index contributed by atoms with van der Waals surface area (Å²) in [6.07, 6.45) is 3.68. The predicted octanol–water partition coefficient (Wildman–Crippen LogP) is 3.95. The van der Waals surface area contributed by atoms with Crippen LogP contribution in [0.2, 0.25) is 0 Å². The number of carbonyl (C=O) groups is 1. The van der Waals surface area contributed by atoms with E-state index in [1.54, 1.807) is 18.9 Å². The molecular formula is C20H24FN3O4S2. The smallest absolute Gasteiger partial charge is 0.280 e. The zero-order valence-electron chi connectivity index (χ0n) is 16.6. The number of hydrogen-bond donors (Lipinski definition) is 1. The molecule has 0 spiro atoms. The second-order valence-electron chi connectivity index (χ2n) is 6.53. The molecule has 1 aliphatic heterocycles. The van der Waals surface area contributed by atoms with Crippen LogP contribution in [0, 0.1) is 5.13 Å². The van der Waals surface area contributed by atoms with Crippen LogP contribution in [-0.4, -0.2) is 55.4 Å². The van der Waals surface area contributed by atoms with Gasteiger partial charge < -0.3 is 14.3 Å². The van der Waals surface area contributed by atoms with E-state index in [4.69, 9.17) is 14.3 Å². The molecule has 1 saturated heterocycles. The van der Waals surface area contributed by atoms with E-state index in [9.17, 15) is 9.18 Å². The molecule has 1 atom stereocenters. The predicted molar refractivity (Wildman–Crippen MR) is 116 cm³/mol. The number of amides is 1. The molecule has 1 aromatic heterocycles. The number of methoxy groups -OCH3 is 1. The molecule has 1 amide bonds. The zero-order chi connectivity index (χ0) is 21.2. The second-order valence-corrected chi connectivity index (χ2v) is 8.68. The van der Waals surface area contributed by atoms with E-state index in [1.165, 1.54) is 0 Å². The molecule has 162 valence electrons. The van der Waals surface area contributed by atoms with Gasteiger partial charge >= 0.3 is 0 Å². The lowest BCUT2D eigenvalue weighted by molar-refractivity contribution is -0.110. The van der Waals surface area contributed by atoms with Crippen molar-refractivity contribution in [2.24, 2.45) is 5.16 Å². The molecule has 0 aliphatic carbocycles.